The fourth-order valence-electron chi connectivity index (χ4n) is 2.08. The zero-order chi connectivity index (χ0) is 13.1. The Labute approximate surface area is 116 Å². The smallest absolute Gasteiger partial charge is 0.324 e. The Bertz CT molecular complexity index is 369. The van der Waals surface area contributed by atoms with Crippen molar-refractivity contribution < 1.29 is 9.59 Å². The van der Waals surface area contributed by atoms with E-state index in [9.17, 15) is 9.59 Å². The van der Waals surface area contributed by atoms with Crippen LogP contribution in [0.4, 0.5) is 4.79 Å². The minimum atomic E-state index is -0.304. The Hall–Kier alpha value is -0.820. The first kappa shape index (κ1) is 13.6. The largest absolute Gasteiger partial charge is 0.358 e. The molecule has 18 heavy (non-hydrogen) atoms. The molecule has 0 aromatic heterocycles. The molecular formula is C11H17N3O2S2. The van der Waals surface area contributed by atoms with Gasteiger partial charge in [0.25, 0.3) is 0 Å². The monoisotopic (exact) mass is 287 g/mol. The summed E-state index contributed by atoms with van der Waals surface area (Å²) in [6.07, 6.45) is 2.33. The number of carbonyl (C=O) groups is 2. The van der Waals surface area contributed by atoms with E-state index in [0.29, 0.717) is 13.1 Å². The fourth-order valence-corrected chi connectivity index (χ4v) is 3.55. The van der Waals surface area contributed by atoms with E-state index in [1.54, 1.807) is 6.92 Å². The van der Waals surface area contributed by atoms with E-state index < -0.39 is 0 Å². The van der Waals surface area contributed by atoms with Gasteiger partial charge in [-0.1, -0.05) is 24.0 Å². The maximum Gasteiger partial charge on any atom is 0.324 e. The minimum absolute atomic E-state index is 0.156. The lowest BCUT2D eigenvalue weighted by Crippen LogP contribution is -2.40. The number of thiocarbonyl (C=S) groups is 1. The summed E-state index contributed by atoms with van der Waals surface area (Å²) in [6, 6.07) is -0.292. The highest BCUT2D eigenvalue weighted by Gasteiger charge is 2.31. The lowest BCUT2D eigenvalue weighted by molar-refractivity contribution is -0.126. The van der Waals surface area contributed by atoms with Gasteiger partial charge in [-0.25, -0.2) is 4.79 Å². The fraction of sp³-hybridized carbons (Fsp3) is 0.727. The number of hydrogen-bond donors (Lipinski definition) is 1. The highest BCUT2D eigenvalue weighted by atomic mass is 32.2. The molecule has 2 aliphatic heterocycles. The predicted molar refractivity (Wildman–Crippen MR) is 75.6 cm³/mol. The SMILES string of the molecule is C[C@@H](SC(=S)N1CCCC1)C(=O)N1CCNC1=O. The van der Waals surface area contributed by atoms with Gasteiger partial charge in [-0.3, -0.25) is 9.69 Å². The molecule has 0 unspecified atom stereocenters. The van der Waals surface area contributed by atoms with Gasteiger partial charge in [-0.2, -0.15) is 0 Å². The van der Waals surface area contributed by atoms with Gasteiger partial charge in [-0.15, -0.1) is 0 Å². The first-order chi connectivity index (χ1) is 8.59. The van der Waals surface area contributed by atoms with Crippen molar-refractivity contribution >= 4 is 40.2 Å². The molecule has 1 N–H and O–H groups in total. The number of rotatable bonds is 2. The molecule has 0 aromatic rings. The summed E-state index contributed by atoms with van der Waals surface area (Å²) >= 11 is 6.71. The maximum atomic E-state index is 12.1. The topological polar surface area (TPSA) is 52.7 Å². The van der Waals surface area contributed by atoms with Gasteiger partial charge in [0.2, 0.25) is 5.91 Å². The van der Waals surface area contributed by atoms with Crippen LogP contribution in [0.3, 0.4) is 0 Å². The summed E-state index contributed by atoms with van der Waals surface area (Å²) in [6.45, 7) is 4.77. The number of likely N-dealkylation sites (tertiary alicyclic amines) is 1. The Kier molecular flexibility index (Phi) is 4.45. The number of nitrogens with zero attached hydrogens (tertiary/aromatic N) is 2. The summed E-state index contributed by atoms with van der Waals surface area (Å²) in [4.78, 5) is 26.9. The summed E-state index contributed by atoms with van der Waals surface area (Å²) in [5.74, 6) is -0.156. The third kappa shape index (κ3) is 2.95. The van der Waals surface area contributed by atoms with Crippen LogP contribution >= 0.6 is 24.0 Å². The minimum Gasteiger partial charge on any atom is -0.358 e. The number of hydrogen-bond acceptors (Lipinski definition) is 4. The van der Waals surface area contributed by atoms with Gasteiger partial charge in [0.15, 0.2) is 0 Å². The van der Waals surface area contributed by atoms with E-state index in [-0.39, 0.29) is 17.2 Å². The van der Waals surface area contributed by atoms with Gasteiger partial charge in [0, 0.05) is 26.2 Å². The molecule has 1 atom stereocenters. The molecule has 0 bridgehead atoms. The summed E-state index contributed by atoms with van der Waals surface area (Å²) in [5, 5.41) is 2.32. The lowest BCUT2D eigenvalue weighted by Gasteiger charge is -2.22. The summed E-state index contributed by atoms with van der Waals surface area (Å²) in [7, 11) is 0. The maximum absolute atomic E-state index is 12.1. The van der Waals surface area contributed by atoms with Crippen molar-refractivity contribution in [1.82, 2.24) is 15.1 Å². The standard InChI is InChI=1S/C11H17N3O2S2/c1-8(9(15)14-7-4-12-10(14)16)18-11(17)13-5-2-3-6-13/h8H,2-7H2,1H3,(H,12,16)/t8-/m1/s1. The molecular weight excluding hydrogens is 270 g/mol. The van der Waals surface area contributed by atoms with Crippen molar-refractivity contribution in [2.45, 2.75) is 25.0 Å². The average molecular weight is 287 g/mol. The van der Waals surface area contributed by atoms with Gasteiger partial charge in [0.1, 0.15) is 4.32 Å². The Balaban J connectivity index is 1.86. The zero-order valence-corrected chi connectivity index (χ0v) is 12.0. The molecule has 0 aromatic carbocycles. The number of thioether (sulfide) groups is 1. The number of amides is 3. The van der Waals surface area contributed by atoms with E-state index in [1.807, 2.05) is 0 Å². The molecule has 0 saturated carbocycles. The molecule has 2 heterocycles. The van der Waals surface area contributed by atoms with Crippen LogP contribution in [-0.4, -0.2) is 57.5 Å². The van der Waals surface area contributed by atoms with Crippen LogP contribution in [0, 0.1) is 0 Å². The first-order valence-electron chi connectivity index (χ1n) is 6.14. The van der Waals surface area contributed by atoms with Crippen molar-refractivity contribution in [2.75, 3.05) is 26.2 Å². The van der Waals surface area contributed by atoms with Crippen LogP contribution in [0.2, 0.25) is 0 Å². The van der Waals surface area contributed by atoms with Gasteiger partial charge in [0.05, 0.1) is 5.25 Å². The molecule has 2 fully saturated rings. The number of imide groups is 1. The third-order valence-corrected chi connectivity index (χ3v) is 4.67. The van der Waals surface area contributed by atoms with E-state index in [4.69, 9.17) is 12.2 Å². The normalized spacial score (nSPS) is 21.1. The molecule has 0 radical (unpaired) electrons. The molecule has 3 amide bonds. The Morgan fingerprint density at radius 1 is 1.39 bits per heavy atom. The van der Waals surface area contributed by atoms with E-state index in [2.05, 4.69) is 10.2 Å². The molecule has 0 spiro atoms. The number of carbonyl (C=O) groups excluding carboxylic acids is 2. The molecule has 0 aliphatic carbocycles. The average Bonchev–Trinajstić information content (AvgIpc) is 2.98. The third-order valence-electron chi connectivity index (χ3n) is 3.11. The zero-order valence-electron chi connectivity index (χ0n) is 10.3. The predicted octanol–water partition coefficient (Wildman–Crippen LogP) is 1.04. The lowest BCUT2D eigenvalue weighted by atomic mass is 10.4. The van der Waals surface area contributed by atoms with Crippen molar-refractivity contribution in [1.29, 1.82) is 0 Å². The van der Waals surface area contributed by atoms with Crippen molar-refractivity contribution in [3.8, 4) is 0 Å². The number of urea groups is 1. The van der Waals surface area contributed by atoms with E-state index in [0.717, 1.165) is 30.3 Å². The van der Waals surface area contributed by atoms with Gasteiger partial charge in [-0.05, 0) is 19.8 Å². The molecule has 2 saturated heterocycles. The van der Waals surface area contributed by atoms with Crippen LogP contribution in [0.5, 0.6) is 0 Å². The van der Waals surface area contributed by atoms with Crippen LogP contribution < -0.4 is 5.32 Å². The highest BCUT2D eigenvalue weighted by molar-refractivity contribution is 8.23. The molecule has 7 heteroatoms. The second-order valence-corrected chi connectivity index (χ2v) is 6.42. The van der Waals surface area contributed by atoms with Crippen LogP contribution in [0.25, 0.3) is 0 Å². The van der Waals surface area contributed by atoms with Crippen LogP contribution in [0.1, 0.15) is 19.8 Å². The molecule has 100 valence electrons. The quantitative estimate of drug-likeness (QED) is 0.769. The van der Waals surface area contributed by atoms with Crippen LogP contribution in [-0.2, 0) is 4.79 Å². The van der Waals surface area contributed by atoms with Crippen molar-refractivity contribution in [3.63, 3.8) is 0 Å². The first-order valence-corrected chi connectivity index (χ1v) is 7.43. The van der Waals surface area contributed by atoms with E-state index in [1.165, 1.54) is 16.7 Å². The summed E-state index contributed by atoms with van der Waals surface area (Å²) in [5.41, 5.74) is 0. The van der Waals surface area contributed by atoms with Crippen molar-refractivity contribution in [2.24, 2.45) is 0 Å². The second kappa shape index (κ2) is 5.88. The van der Waals surface area contributed by atoms with Gasteiger partial charge >= 0.3 is 6.03 Å². The molecule has 2 rings (SSSR count). The Morgan fingerprint density at radius 2 is 2.06 bits per heavy atom. The van der Waals surface area contributed by atoms with Crippen LogP contribution in [0.15, 0.2) is 0 Å². The second-order valence-electron chi connectivity index (χ2n) is 4.44. The Morgan fingerprint density at radius 3 is 2.61 bits per heavy atom. The molecule has 2 aliphatic rings. The van der Waals surface area contributed by atoms with Crippen molar-refractivity contribution in [3.05, 3.63) is 0 Å². The van der Waals surface area contributed by atoms with E-state index >= 15 is 0 Å². The van der Waals surface area contributed by atoms with Gasteiger partial charge < -0.3 is 10.2 Å². The molecule has 5 nitrogen and oxygen atoms in total. The number of nitrogens with one attached hydrogen (secondary N) is 1. The summed E-state index contributed by atoms with van der Waals surface area (Å²) < 4.78 is 0.771. The highest BCUT2D eigenvalue weighted by Crippen LogP contribution is 2.22.